The minimum absolute atomic E-state index is 0.149. The maximum absolute atomic E-state index is 12.6. The second-order valence-electron chi connectivity index (χ2n) is 6.15. The van der Waals surface area contributed by atoms with Gasteiger partial charge in [-0.1, -0.05) is 49.8 Å². The number of benzene rings is 1. The molecule has 2 rings (SSSR count). The van der Waals surface area contributed by atoms with Crippen LogP contribution in [0.2, 0.25) is 0 Å². The summed E-state index contributed by atoms with van der Waals surface area (Å²) in [4.78, 5) is 12.6. The fraction of sp³-hybridized carbons (Fsp3) is 0.389. The Hall–Kier alpha value is -1.63. The summed E-state index contributed by atoms with van der Waals surface area (Å²) in [6.07, 6.45) is 5.06. The highest BCUT2D eigenvalue weighted by molar-refractivity contribution is 6.11. The molecule has 1 aromatic carbocycles. The minimum atomic E-state index is 0.149. The Balaban J connectivity index is 2.37. The van der Waals surface area contributed by atoms with E-state index in [-0.39, 0.29) is 11.2 Å². The van der Waals surface area contributed by atoms with Crippen LogP contribution < -0.4 is 0 Å². The molecule has 0 spiro atoms. The number of rotatable bonds is 2. The predicted molar refractivity (Wildman–Crippen MR) is 80.5 cm³/mol. The Labute approximate surface area is 116 Å². The lowest BCUT2D eigenvalue weighted by atomic mass is 9.76. The molecule has 1 nitrogen and oxygen atoms in total. The maximum atomic E-state index is 12.6. The van der Waals surface area contributed by atoms with Crippen LogP contribution >= 0.6 is 0 Å². The molecule has 0 saturated heterocycles. The third kappa shape index (κ3) is 2.56. The highest BCUT2D eigenvalue weighted by atomic mass is 16.1. The quantitative estimate of drug-likeness (QED) is 0.693. The van der Waals surface area contributed by atoms with E-state index < -0.39 is 0 Å². The van der Waals surface area contributed by atoms with Crippen molar-refractivity contribution in [2.24, 2.45) is 5.41 Å². The van der Waals surface area contributed by atoms with Crippen molar-refractivity contribution >= 4 is 5.78 Å². The lowest BCUT2D eigenvalue weighted by molar-refractivity contribution is 0.103. The SMILES string of the molecule is CC1=CC(C(=O)c2cccc(C)c2C)=CCC1(C)C. The van der Waals surface area contributed by atoms with Crippen LogP contribution in [-0.2, 0) is 0 Å². The zero-order chi connectivity index (χ0) is 14.2. The summed E-state index contributed by atoms with van der Waals surface area (Å²) in [5, 5.41) is 0. The van der Waals surface area contributed by atoms with Crippen molar-refractivity contribution in [2.75, 3.05) is 0 Å². The van der Waals surface area contributed by atoms with Crippen LogP contribution in [0.5, 0.6) is 0 Å². The zero-order valence-electron chi connectivity index (χ0n) is 12.5. The highest BCUT2D eigenvalue weighted by Gasteiger charge is 2.25. The average molecular weight is 254 g/mol. The van der Waals surface area contributed by atoms with Gasteiger partial charge in [-0.05, 0) is 43.7 Å². The number of hydrogen-bond donors (Lipinski definition) is 0. The standard InChI is InChI=1S/C18H22O/c1-12-7-6-8-16(14(12)3)17(19)15-9-10-18(4,5)13(2)11-15/h6-9,11H,10H2,1-5H3. The van der Waals surface area contributed by atoms with Gasteiger partial charge in [-0.2, -0.15) is 0 Å². The summed E-state index contributed by atoms with van der Waals surface area (Å²) in [5.41, 5.74) is 5.38. The van der Waals surface area contributed by atoms with Crippen LogP contribution in [0, 0.1) is 19.3 Å². The highest BCUT2D eigenvalue weighted by Crippen LogP contribution is 2.36. The first-order valence-corrected chi connectivity index (χ1v) is 6.83. The lowest BCUT2D eigenvalue weighted by Gasteiger charge is -2.28. The van der Waals surface area contributed by atoms with Crippen LogP contribution in [0.1, 0.15) is 48.7 Å². The minimum Gasteiger partial charge on any atom is -0.289 e. The molecule has 0 amide bonds. The molecule has 0 N–H and O–H groups in total. The van der Waals surface area contributed by atoms with Crippen molar-refractivity contribution in [3.05, 3.63) is 58.2 Å². The molecule has 0 fully saturated rings. The maximum Gasteiger partial charge on any atom is 0.192 e. The molecule has 1 aromatic rings. The van der Waals surface area contributed by atoms with E-state index in [1.54, 1.807) is 0 Å². The van der Waals surface area contributed by atoms with E-state index in [0.29, 0.717) is 0 Å². The Morgan fingerprint density at radius 1 is 1.16 bits per heavy atom. The van der Waals surface area contributed by atoms with Gasteiger partial charge in [0.2, 0.25) is 0 Å². The smallest absolute Gasteiger partial charge is 0.192 e. The van der Waals surface area contributed by atoms with E-state index >= 15 is 0 Å². The van der Waals surface area contributed by atoms with Crippen LogP contribution in [0.25, 0.3) is 0 Å². The van der Waals surface area contributed by atoms with Crippen molar-refractivity contribution in [2.45, 2.75) is 41.0 Å². The molecule has 0 heterocycles. The zero-order valence-corrected chi connectivity index (χ0v) is 12.5. The van der Waals surface area contributed by atoms with Crippen molar-refractivity contribution < 1.29 is 4.79 Å². The van der Waals surface area contributed by atoms with Gasteiger partial charge in [0.15, 0.2) is 5.78 Å². The first-order valence-electron chi connectivity index (χ1n) is 6.83. The number of hydrogen-bond acceptors (Lipinski definition) is 1. The Morgan fingerprint density at radius 3 is 2.47 bits per heavy atom. The first kappa shape index (κ1) is 13.8. The molecule has 0 aromatic heterocycles. The van der Waals surface area contributed by atoms with E-state index in [2.05, 4.69) is 26.8 Å². The number of ketones is 1. The number of Topliss-reactive ketones (excluding diaryl/α,β-unsaturated/α-hetero) is 1. The fourth-order valence-electron chi connectivity index (χ4n) is 2.32. The van der Waals surface area contributed by atoms with Crippen LogP contribution in [-0.4, -0.2) is 5.78 Å². The molecule has 100 valence electrons. The largest absolute Gasteiger partial charge is 0.289 e. The average Bonchev–Trinajstić information content (AvgIpc) is 2.35. The van der Waals surface area contributed by atoms with Crippen molar-refractivity contribution in [3.63, 3.8) is 0 Å². The second kappa shape index (κ2) is 4.80. The molecule has 0 unspecified atom stereocenters. The monoisotopic (exact) mass is 254 g/mol. The molecular formula is C18H22O. The Morgan fingerprint density at radius 2 is 1.84 bits per heavy atom. The van der Waals surface area contributed by atoms with E-state index in [1.165, 1.54) is 11.1 Å². The third-order valence-electron chi connectivity index (χ3n) is 4.38. The second-order valence-corrected chi connectivity index (χ2v) is 6.15. The summed E-state index contributed by atoms with van der Waals surface area (Å²) in [5.74, 6) is 0.149. The molecule has 0 atom stereocenters. The van der Waals surface area contributed by atoms with Gasteiger partial charge in [0, 0.05) is 11.1 Å². The molecule has 1 aliphatic carbocycles. The lowest BCUT2D eigenvalue weighted by Crippen LogP contribution is -2.18. The van der Waals surface area contributed by atoms with Crippen molar-refractivity contribution in [3.8, 4) is 0 Å². The fourth-order valence-corrected chi connectivity index (χ4v) is 2.32. The van der Waals surface area contributed by atoms with Gasteiger partial charge in [-0.25, -0.2) is 0 Å². The van der Waals surface area contributed by atoms with E-state index in [9.17, 15) is 4.79 Å². The molecule has 19 heavy (non-hydrogen) atoms. The summed E-state index contributed by atoms with van der Waals surface area (Å²) >= 11 is 0. The van der Waals surface area contributed by atoms with E-state index in [4.69, 9.17) is 0 Å². The molecule has 0 bridgehead atoms. The van der Waals surface area contributed by atoms with Gasteiger partial charge in [-0.3, -0.25) is 4.79 Å². The topological polar surface area (TPSA) is 17.1 Å². The number of carbonyl (C=O) groups is 1. The van der Waals surface area contributed by atoms with Gasteiger partial charge < -0.3 is 0 Å². The van der Waals surface area contributed by atoms with Gasteiger partial charge in [0.05, 0.1) is 0 Å². The number of carbonyl (C=O) groups excluding carboxylic acids is 1. The molecule has 1 heteroatoms. The summed E-state index contributed by atoms with van der Waals surface area (Å²) in [7, 11) is 0. The molecule has 0 radical (unpaired) electrons. The third-order valence-corrected chi connectivity index (χ3v) is 4.38. The van der Waals surface area contributed by atoms with E-state index in [0.717, 1.165) is 23.1 Å². The summed E-state index contributed by atoms with van der Waals surface area (Å²) in [6.45, 7) is 10.6. The van der Waals surface area contributed by atoms with Crippen molar-refractivity contribution in [1.82, 2.24) is 0 Å². The van der Waals surface area contributed by atoms with E-state index in [1.807, 2.05) is 38.1 Å². The van der Waals surface area contributed by atoms with Gasteiger partial charge >= 0.3 is 0 Å². The molecular weight excluding hydrogens is 232 g/mol. The van der Waals surface area contributed by atoms with Gasteiger partial charge in [-0.15, -0.1) is 0 Å². The molecule has 1 aliphatic rings. The first-order chi connectivity index (χ1) is 8.83. The predicted octanol–water partition coefficient (Wildman–Crippen LogP) is 4.79. The number of allylic oxidation sites excluding steroid dienone is 4. The molecule has 0 aliphatic heterocycles. The summed E-state index contributed by atoms with van der Waals surface area (Å²) < 4.78 is 0. The van der Waals surface area contributed by atoms with Crippen LogP contribution in [0.3, 0.4) is 0 Å². The normalized spacial score (nSPS) is 17.7. The van der Waals surface area contributed by atoms with Crippen molar-refractivity contribution in [1.29, 1.82) is 0 Å². The Bertz CT molecular complexity index is 586. The Kier molecular flexibility index (Phi) is 3.49. The van der Waals surface area contributed by atoms with Gasteiger partial charge in [0.25, 0.3) is 0 Å². The van der Waals surface area contributed by atoms with Crippen LogP contribution in [0.15, 0.2) is 41.5 Å². The number of aryl methyl sites for hydroxylation is 1. The van der Waals surface area contributed by atoms with Crippen LogP contribution in [0.4, 0.5) is 0 Å². The summed E-state index contributed by atoms with van der Waals surface area (Å²) in [6, 6.07) is 5.93. The van der Waals surface area contributed by atoms with Gasteiger partial charge in [0.1, 0.15) is 0 Å². The molecule has 0 saturated carbocycles.